The zero-order valence-electron chi connectivity index (χ0n) is 15.1. The van der Waals surface area contributed by atoms with Crippen LogP contribution < -0.4 is 16.6 Å². The first-order valence-corrected chi connectivity index (χ1v) is 8.68. The smallest absolute Gasteiger partial charge is 0.258 e. The molecule has 5 nitrogen and oxygen atoms in total. The Balaban J connectivity index is 0.000000648. The van der Waals surface area contributed by atoms with Crippen molar-refractivity contribution in [2.24, 2.45) is 5.73 Å². The van der Waals surface area contributed by atoms with E-state index in [-0.39, 0.29) is 5.56 Å². The number of hydrogen-bond donors (Lipinski definition) is 3. The molecule has 0 unspecified atom stereocenters. The van der Waals surface area contributed by atoms with E-state index in [2.05, 4.69) is 29.1 Å². The van der Waals surface area contributed by atoms with Crippen LogP contribution >= 0.6 is 0 Å². The molecule has 132 valence electrons. The first-order valence-electron chi connectivity index (χ1n) is 8.68. The van der Waals surface area contributed by atoms with Crippen LogP contribution in [0.4, 0.5) is 0 Å². The molecule has 2 rings (SSSR count). The van der Waals surface area contributed by atoms with Crippen molar-refractivity contribution in [3.8, 4) is 11.1 Å². The van der Waals surface area contributed by atoms with Crippen LogP contribution in [-0.2, 0) is 6.54 Å². The van der Waals surface area contributed by atoms with Crippen molar-refractivity contribution < 1.29 is 0 Å². The molecule has 0 saturated heterocycles. The quantitative estimate of drug-likeness (QED) is 0.681. The van der Waals surface area contributed by atoms with Crippen molar-refractivity contribution in [1.29, 1.82) is 0 Å². The molecule has 5 heteroatoms. The van der Waals surface area contributed by atoms with E-state index in [1.807, 2.05) is 24.3 Å². The molecule has 0 fully saturated rings. The Morgan fingerprint density at radius 2 is 1.83 bits per heavy atom. The van der Waals surface area contributed by atoms with Crippen molar-refractivity contribution in [3.05, 3.63) is 52.2 Å². The molecule has 0 saturated carbocycles. The second-order valence-electron chi connectivity index (χ2n) is 5.73. The Morgan fingerprint density at radius 3 is 2.38 bits per heavy atom. The number of H-pyrrole nitrogens is 1. The van der Waals surface area contributed by atoms with Gasteiger partial charge in [-0.05, 0) is 37.6 Å². The van der Waals surface area contributed by atoms with Crippen molar-refractivity contribution in [3.63, 3.8) is 0 Å². The lowest BCUT2D eigenvalue weighted by Gasteiger charge is -2.06. The first-order chi connectivity index (χ1) is 11.6. The third kappa shape index (κ3) is 7.06. The highest BCUT2D eigenvalue weighted by molar-refractivity contribution is 5.61. The summed E-state index contributed by atoms with van der Waals surface area (Å²) in [4.78, 5) is 18.7. The molecule has 0 bridgehead atoms. The van der Waals surface area contributed by atoms with Gasteiger partial charge in [-0.3, -0.25) is 4.79 Å². The van der Waals surface area contributed by atoms with Crippen LogP contribution in [0.3, 0.4) is 0 Å². The number of benzene rings is 1. The predicted molar refractivity (Wildman–Crippen MR) is 101 cm³/mol. The molecular weight excluding hydrogens is 300 g/mol. The molecule has 24 heavy (non-hydrogen) atoms. The topological polar surface area (TPSA) is 83.8 Å². The normalized spacial score (nSPS) is 10.2. The van der Waals surface area contributed by atoms with E-state index in [0.717, 1.165) is 25.1 Å². The van der Waals surface area contributed by atoms with Crippen LogP contribution in [0, 0.1) is 6.92 Å². The molecule has 0 aliphatic heterocycles. The number of aryl methyl sites for hydroxylation is 1. The van der Waals surface area contributed by atoms with Crippen LogP contribution in [0.5, 0.6) is 0 Å². The molecule has 0 radical (unpaired) electrons. The molecule has 1 aromatic carbocycles. The van der Waals surface area contributed by atoms with Crippen LogP contribution in [0.1, 0.15) is 44.5 Å². The third-order valence-electron chi connectivity index (χ3n) is 3.58. The second-order valence-corrected chi connectivity index (χ2v) is 5.73. The predicted octanol–water partition coefficient (Wildman–Crippen LogP) is 2.99. The lowest BCUT2D eigenvalue weighted by atomic mass is 10.1. The summed E-state index contributed by atoms with van der Waals surface area (Å²) in [7, 11) is 0. The van der Waals surface area contributed by atoms with Gasteiger partial charge in [0.2, 0.25) is 0 Å². The number of nitrogens with two attached hydrogens (primary N) is 1. The maximum Gasteiger partial charge on any atom is 0.258 e. The SMILES string of the molecule is CCCC.Cc1ncc(-c2ccc(CNCCCN)cc2)c(=O)[nH]1. The van der Waals surface area contributed by atoms with Crippen molar-refractivity contribution >= 4 is 0 Å². The first kappa shape index (κ1) is 20.1. The molecule has 1 aromatic heterocycles. The highest BCUT2D eigenvalue weighted by atomic mass is 16.1. The van der Waals surface area contributed by atoms with Crippen LogP contribution in [0.25, 0.3) is 11.1 Å². The van der Waals surface area contributed by atoms with Gasteiger partial charge in [-0.25, -0.2) is 4.98 Å². The fourth-order valence-electron chi connectivity index (χ4n) is 1.95. The number of aromatic nitrogens is 2. The minimum Gasteiger partial charge on any atom is -0.330 e. The van der Waals surface area contributed by atoms with E-state index in [1.165, 1.54) is 18.4 Å². The fourth-order valence-corrected chi connectivity index (χ4v) is 1.95. The molecular formula is C19H30N4O. The van der Waals surface area contributed by atoms with Gasteiger partial charge >= 0.3 is 0 Å². The van der Waals surface area contributed by atoms with Crippen LogP contribution in [0.15, 0.2) is 35.3 Å². The average Bonchev–Trinajstić information content (AvgIpc) is 2.60. The molecule has 2 aromatic rings. The summed E-state index contributed by atoms with van der Waals surface area (Å²) in [5, 5.41) is 3.32. The van der Waals surface area contributed by atoms with Gasteiger partial charge in [0.05, 0.1) is 5.56 Å². The maximum atomic E-state index is 11.8. The van der Waals surface area contributed by atoms with Gasteiger partial charge < -0.3 is 16.0 Å². The highest BCUT2D eigenvalue weighted by Gasteiger charge is 2.04. The van der Waals surface area contributed by atoms with Crippen molar-refractivity contribution in [2.45, 2.75) is 46.6 Å². The summed E-state index contributed by atoms with van der Waals surface area (Å²) in [6.45, 7) is 8.55. The zero-order valence-corrected chi connectivity index (χ0v) is 15.1. The number of nitrogens with one attached hydrogen (secondary N) is 2. The molecule has 0 spiro atoms. The van der Waals surface area contributed by atoms with E-state index < -0.39 is 0 Å². The number of hydrogen-bond acceptors (Lipinski definition) is 4. The standard InChI is InChI=1S/C15H20N4O.C4H10/c1-11-18-10-14(15(20)19-11)13-5-3-12(4-6-13)9-17-8-2-7-16;1-3-4-2/h3-6,10,17H,2,7-9,16H2,1H3,(H,18,19,20);3-4H2,1-2H3. The maximum absolute atomic E-state index is 11.8. The molecule has 1 heterocycles. The van der Waals surface area contributed by atoms with E-state index in [0.29, 0.717) is 17.9 Å². The Hall–Kier alpha value is -1.98. The second kappa shape index (κ2) is 11.5. The van der Waals surface area contributed by atoms with E-state index in [1.54, 1.807) is 13.1 Å². The van der Waals surface area contributed by atoms with Gasteiger partial charge in [-0.2, -0.15) is 0 Å². The number of aromatic amines is 1. The summed E-state index contributed by atoms with van der Waals surface area (Å²) in [5.41, 5.74) is 7.99. The number of nitrogens with zero attached hydrogens (tertiary/aromatic N) is 1. The lowest BCUT2D eigenvalue weighted by Crippen LogP contribution is -2.17. The lowest BCUT2D eigenvalue weighted by molar-refractivity contribution is 0.655. The highest BCUT2D eigenvalue weighted by Crippen LogP contribution is 2.15. The van der Waals surface area contributed by atoms with Gasteiger partial charge in [0.1, 0.15) is 5.82 Å². The van der Waals surface area contributed by atoms with Gasteiger partial charge in [-0.15, -0.1) is 0 Å². The van der Waals surface area contributed by atoms with Gasteiger partial charge in [-0.1, -0.05) is 51.0 Å². The zero-order chi connectivity index (χ0) is 17.8. The van der Waals surface area contributed by atoms with Crippen molar-refractivity contribution in [1.82, 2.24) is 15.3 Å². The van der Waals surface area contributed by atoms with Crippen LogP contribution in [-0.4, -0.2) is 23.1 Å². The summed E-state index contributed by atoms with van der Waals surface area (Å²) in [6.07, 6.45) is 5.23. The summed E-state index contributed by atoms with van der Waals surface area (Å²) in [6, 6.07) is 7.93. The average molecular weight is 330 g/mol. The Kier molecular flexibility index (Phi) is 9.65. The van der Waals surface area contributed by atoms with Crippen LogP contribution in [0.2, 0.25) is 0 Å². The summed E-state index contributed by atoms with van der Waals surface area (Å²) >= 11 is 0. The fraction of sp³-hybridized carbons (Fsp3) is 0.474. The molecule has 0 amide bonds. The molecule has 0 aliphatic carbocycles. The largest absolute Gasteiger partial charge is 0.330 e. The number of unbranched alkanes of at least 4 members (excludes halogenated alkanes) is 1. The van der Waals surface area contributed by atoms with Gasteiger partial charge in [0, 0.05) is 12.7 Å². The summed E-state index contributed by atoms with van der Waals surface area (Å²) < 4.78 is 0. The minimum absolute atomic E-state index is 0.105. The minimum atomic E-state index is -0.105. The number of rotatable bonds is 7. The monoisotopic (exact) mass is 330 g/mol. The Labute approximate surface area is 144 Å². The Morgan fingerprint density at radius 1 is 1.17 bits per heavy atom. The molecule has 0 aliphatic rings. The third-order valence-corrected chi connectivity index (χ3v) is 3.58. The Bertz CT molecular complexity index is 633. The summed E-state index contributed by atoms with van der Waals surface area (Å²) in [5.74, 6) is 0.625. The molecule has 4 N–H and O–H groups in total. The molecule has 0 atom stereocenters. The van der Waals surface area contributed by atoms with Gasteiger partial charge in [0.25, 0.3) is 5.56 Å². The van der Waals surface area contributed by atoms with E-state index in [9.17, 15) is 4.79 Å². The van der Waals surface area contributed by atoms with Gasteiger partial charge in [0.15, 0.2) is 0 Å². The van der Waals surface area contributed by atoms with E-state index >= 15 is 0 Å². The van der Waals surface area contributed by atoms with E-state index in [4.69, 9.17) is 5.73 Å². The van der Waals surface area contributed by atoms with Crippen molar-refractivity contribution in [2.75, 3.05) is 13.1 Å².